The van der Waals surface area contributed by atoms with Gasteiger partial charge in [0.1, 0.15) is 0 Å². The van der Waals surface area contributed by atoms with Crippen LogP contribution in [0, 0.1) is 6.92 Å². The molecule has 0 fully saturated rings. The Morgan fingerprint density at radius 1 is 1.06 bits per heavy atom. The lowest BCUT2D eigenvalue weighted by atomic mass is 9.92. The molecule has 0 aromatic heterocycles. The highest BCUT2D eigenvalue weighted by atomic mass is 16.1. The van der Waals surface area contributed by atoms with E-state index in [2.05, 4.69) is 36.5 Å². The summed E-state index contributed by atoms with van der Waals surface area (Å²) in [6.07, 6.45) is 0.528. The average Bonchev–Trinajstić information content (AvgIpc) is 2.39. The van der Waals surface area contributed by atoms with E-state index >= 15 is 0 Å². The van der Waals surface area contributed by atoms with Crippen molar-refractivity contribution < 1.29 is 4.79 Å². The first-order chi connectivity index (χ1) is 8.74. The lowest BCUT2D eigenvalue weighted by Gasteiger charge is -2.26. The van der Waals surface area contributed by atoms with E-state index in [0.717, 1.165) is 11.3 Å². The summed E-state index contributed by atoms with van der Waals surface area (Å²) >= 11 is 0. The molecule has 0 bridgehead atoms. The van der Waals surface area contributed by atoms with Crippen LogP contribution in [0.15, 0.2) is 48.5 Å². The first kappa shape index (κ1) is 11.0. The first-order valence-electron chi connectivity index (χ1n) is 6.19. The van der Waals surface area contributed by atoms with E-state index in [1.54, 1.807) is 0 Å². The zero-order chi connectivity index (χ0) is 12.5. The zero-order valence-corrected chi connectivity index (χ0v) is 10.3. The molecule has 18 heavy (non-hydrogen) atoms. The quantitative estimate of drug-likeness (QED) is 0.818. The maximum absolute atomic E-state index is 12.1. The number of anilines is 1. The first-order valence-corrected chi connectivity index (χ1v) is 6.19. The zero-order valence-electron chi connectivity index (χ0n) is 10.3. The van der Waals surface area contributed by atoms with Gasteiger partial charge in [-0.25, -0.2) is 0 Å². The minimum Gasteiger partial charge on any atom is -0.377 e. The molecule has 90 valence electrons. The monoisotopic (exact) mass is 237 g/mol. The molecular formula is C16H15NO. The number of nitrogens with one attached hydrogen (secondary N) is 1. The Balaban J connectivity index is 1.94. The predicted molar refractivity (Wildman–Crippen MR) is 72.9 cm³/mol. The van der Waals surface area contributed by atoms with E-state index in [0.29, 0.717) is 6.42 Å². The highest BCUT2D eigenvalue weighted by molar-refractivity contribution is 6.03. The van der Waals surface area contributed by atoms with Gasteiger partial charge in [0.2, 0.25) is 0 Å². The maximum Gasteiger partial charge on any atom is 0.167 e. The topological polar surface area (TPSA) is 29.1 Å². The van der Waals surface area contributed by atoms with E-state index < -0.39 is 0 Å². The van der Waals surface area contributed by atoms with Crippen molar-refractivity contribution in [3.05, 3.63) is 65.2 Å². The number of fused-ring (bicyclic) bond motifs is 1. The van der Waals surface area contributed by atoms with Crippen molar-refractivity contribution >= 4 is 11.5 Å². The molecule has 1 aliphatic rings. The molecule has 2 nitrogen and oxygen atoms in total. The summed E-state index contributed by atoms with van der Waals surface area (Å²) in [5, 5.41) is 3.44. The summed E-state index contributed by atoms with van der Waals surface area (Å²) in [6.45, 7) is 2.07. The summed E-state index contributed by atoms with van der Waals surface area (Å²) < 4.78 is 0. The smallest absolute Gasteiger partial charge is 0.167 e. The number of carbonyl (C=O) groups excluding carboxylic acids is 1. The number of para-hydroxylation sites is 1. The summed E-state index contributed by atoms with van der Waals surface area (Å²) in [6, 6.07) is 16.2. The van der Waals surface area contributed by atoms with Crippen LogP contribution in [0.2, 0.25) is 0 Å². The number of carbonyl (C=O) groups is 1. The van der Waals surface area contributed by atoms with Crippen molar-refractivity contribution in [1.82, 2.24) is 0 Å². The number of benzene rings is 2. The summed E-state index contributed by atoms with van der Waals surface area (Å²) in [5.74, 6) is 0.218. The molecule has 2 aromatic carbocycles. The van der Waals surface area contributed by atoms with Crippen LogP contribution in [-0.2, 0) is 0 Å². The van der Waals surface area contributed by atoms with Crippen molar-refractivity contribution in [2.75, 3.05) is 5.32 Å². The molecule has 0 spiro atoms. The van der Waals surface area contributed by atoms with Gasteiger partial charge in [-0.3, -0.25) is 4.79 Å². The van der Waals surface area contributed by atoms with Crippen LogP contribution in [-0.4, -0.2) is 5.78 Å². The van der Waals surface area contributed by atoms with Gasteiger partial charge in [-0.05, 0) is 24.6 Å². The van der Waals surface area contributed by atoms with Gasteiger partial charge < -0.3 is 5.32 Å². The van der Waals surface area contributed by atoms with E-state index in [1.807, 2.05) is 24.3 Å². The van der Waals surface area contributed by atoms with Crippen LogP contribution >= 0.6 is 0 Å². The maximum atomic E-state index is 12.1. The van der Waals surface area contributed by atoms with Gasteiger partial charge in [0, 0.05) is 17.7 Å². The Bertz CT molecular complexity index is 586. The molecule has 1 atom stereocenters. The number of Topliss-reactive ketones (excluding diaryl/α,β-unsaturated/α-hetero) is 1. The van der Waals surface area contributed by atoms with Crippen molar-refractivity contribution in [3.8, 4) is 0 Å². The summed E-state index contributed by atoms with van der Waals surface area (Å²) in [7, 11) is 0. The SMILES string of the molecule is Cc1ccc([C@@H]2CC(=O)c3ccccc3N2)cc1. The normalized spacial score (nSPS) is 18.1. The fourth-order valence-corrected chi connectivity index (χ4v) is 2.39. The number of hydrogen-bond donors (Lipinski definition) is 1. The lowest BCUT2D eigenvalue weighted by molar-refractivity contribution is 0.0972. The molecule has 0 amide bonds. The lowest BCUT2D eigenvalue weighted by Crippen LogP contribution is -2.22. The van der Waals surface area contributed by atoms with E-state index in [4.69, 9.17) is 0 Å². The molecule has 1 heterocycles. The molecule has 2 heteroatoms. The molecule has 3 rings (SSSR count). The van der Waals surface area contributed by atoms with Crippen LogP contribution in [0.5, 0.6) is 0 Å². The second kappa shape index (κ2) is 4.30. The molecule has 0 saturated carbocycles. The third-order valence-corrected chi connectivity index (χ3v) is 3.43. The molecule has 0 radical (unpaired) electrons. The fourth-order valence-electron chi connectivity index (χ4n) is 2.39. The molecule has 2 aromatic rings. The second-order valence-electron chi connectivity index (χ2n) is 4.78. The second-order valence-corrected chi connectivity index (χ2v) is 4.78. The van der Waals surface area contributed by atoms with Gasteiger partial charge in [-0.2, -0.15) is 0 Å². The average molecular weight is 237 g/mol. The largest absolute Gasteiger partial charge is 0.377 e. The molecule has 1 aliphatic heterocycles. The van der Waals surface area contributed by atoms with Crippen LogP contribution in [0.1, 0.15) is 33.9 Å². The number of rotatable bonds is 1. The Kier molecular flexibility index (Phi) is 2.63. The molecule has 0 saturated heterocycles. The number of hydrogen-bond acceptors (Lipinski definition) is 2. The fraction of sp³-hybridized carbons (Fsp3) is 0.188. The van der Waals surface area contributed by atoms with Gasteiger partial charge in [-0.1, -0.05) is 42.0 Å². The molecular weight excluding hydrogens is 222 g/mol. The van der Waals surface area contributed by atoms with Gasteiger partial charge in [0.15, 0.2) is 5.78 Å². The van der Waals surface area contributed by atoms with Crippen LogP contribution in [0.3, 0.4) is 0 Å². The van der Waals surface area contributed by atoms with Crippen molar-refractivity contribution in [1.29, 1.82) is 0 Å². The van der Waals surface area contributed by atoms with Crippen LogP contribution < -0.4 is 5.32 Å². The van der Waals surface area contributed by atoms with Crippen LogP contribution in [0.4, 0.5) is 5.69 Å². The van der Waals surface area contributed by atoms with Crippen molar-refractivity contribution in [2.24, 2.45) is 0 Å². The van der Waals surface area contributed by atoms with Gasteiger partial charge in [0.25, 0.3) is 0 Å². The minimum atomic E-state index is 0.0907. The van der Waals surface area contributed by atoms with Crippen LogP contribution in [0.25, 0.3) is 0 Å². The predicted octanol–water partition coefficient (Wildman–Crippen LogP) is 3.73. The third kappa shape index (κ3) is 1.90. The Morgan fingerprint density at radius 3 is 2.56 bits per heavy atom. The summed E-state index contributed by atoms with van der Waals surface area (Å²) in [5.41, 5.74) is 4.16. The number of ketones is 1. The Morgan fingerprint density at radius 2 is 1.78 bits per heavy atom. The summed E-state index contributed by atoms with van der Waals surface area (Å²) in [4.78, 5) is 12.1. The minimum absolute atomic E-state index is 0.0907. The highest BCUT2D eigenvalue weighted by Gasteiger charge is 2.24. The van der Waals surface area contributed by atoms with E-state index in [9.17, 15) is 4.79 Å². The van der Waals surface area contributed by atoms with Gasteiger partial charge in [-0.15, -0.1) is 0 Å². The molecule has 0 unspecified atom stereocenters. The van der Waals surface area contributed by atoms with E-state index in [1.165, 1.54) is 11.1 Å². The molecule has 1 N–H and O–H groups in total. The third-order valence-electron chi connectivity index (χ3n) is 3.43. The standard InChI is InChI=1S/C16H15NO/c1-11-6-8-12(9-7-11)15-10-16(18)13-4-2-3-5-14(13)17-15/h2-9,15,17H,10H2,1H3/t15-/m0/s1. The van der Waals surface area contributed by atoms with Crippen molar-refractivity contribution in [3.63, 3.8) is 0 Å². The van der Waals surface area contributed by atoms with Gasteiger partial charge >= 0.3 is 0 Å². The van der Waals surface area contributed by atoms with E-state index in [-0.39, 0.29) is 11.8 Å². The van der Waals surface area contributed by atoms with Crippen molar-refractivity contribution in [2.45, 2.75) is 19.4 Å². The highest BCUT2D eigenvalue weighted by Crippen LogP contribution is 2.32. The Hall–Kier alpha value is -2.09. The van der Waals surface area contributed by atoms with Gasteiger partial charge in [0.05, 0.1) is 6.04 Å². The Labute approximate surface area is 107 Å². The molecule has 0 aliphatic carbocycles. The number of aryl methyl sites for hydroxylation is 1.